The van der Waals surface area contributed by atoms with E-state index in [0.29, 0.717) is 39.8 Å². The van der Waals surface area contributed by atoms with Gasteiger partial charge in [-0.25, -0.2) is 4.98 Å². The normalized spacial score (nSPS) is 11.9. The molecule has 0 fully saturated rings. The van der Waals surface area contributed by atoms with Crippen LogP contribution in [0.4, 0.5) is 0 Å². The summed E-state index contributed by atoms with van der Waals surface area (Å²) in [7, 11) is 3.19. The van der Waals surface area contributed by atoms with Crippen molar-refractivity contribution >= 4 is 39.2 Å². The second kappa shape index (κ2) is 10.8. The van der Waals surface area contributed by atoms with Gasteiger partial charge >= 0.3 is 0 Å². The molecule has 4 rings (SSSR count). The Morgan fingerprint density at radius 3 is 2.65 bits per heavy atom. The summed E-state index contributed by atoms with van der Waals surface area (Å²) in [6.45, 7) is 2.28. The predicted molar refractivity (Wildman–Crippen MR) is 137 cm³/mol. The standard InChI is InChI=1S/C25H25N3O4S2/c1-15(22(29)26-12-11-16-9-10-19(31-2)20(13-16)32-3)34-25-27-23(30)21-18(14-33-24(21)28-25)17-7-5-4-6-8-17/h4-10,13-15H,11-12H2,1-3H3,(H,26,29)(H,27,28,30). The molecular weight excluding hydrogens is 470 g/mol. The molecule has 0 aliphatic heterocycles. The highest BCUT2D eigenvalue weighted by Gasteiger charge is 2.18. The number of amides is 1. The highest BCUT2D eigenvalue weighted by atomic mass is 32.2. The Labute approximate surface area is 205 Å². The SMILES string of the molecule is COc1ccc(CCNC(=O)C(C)Sc2nc3scc(-c4ccccc4)c3c(=O)[nH]2)cc1OC. The lowest BCUT2D eigenvalue weighted by atomic mass is 10.1. The topological polar surface area (TPSA) is 93.3 Å². The maximum absolute atomic E-state index is 12.8. The molecule has 2 heterocycles. The van der Waals surface area contributed by atoms with Gasteiger partial charge in [0.2, 0.25) is 5.91 Å². The van der Waals surface area contributed by atoms with Crippen LogP contribution in [0.5, 0.6) is 11.5 Å². The quantitative estimate of drug-likeness (QED) is 0.262. The monoisotopic (exact) mass is 495 g/mol. The van der Waals surface area contributed by atoms with Gasteiger partial charge in [0.05, 0.1) is 24.9 Å². The molecule has 2 aromatic carbocycles. The van der Waals surface area contributed by atoms with E-state index in [1.807, 2.05) is 53.9 Å². The number of methoxy groups -OCH3 is 2. The zero-order chi connectivity index (χ0) is 24.1. The van der Waals surface area contributed by atoms with Gasteiger partial charge in [-0.3, -0.25) is 9.59 Å². The molecule has 1 unspecified atom stereocenters. The van der Waals surface area contributed by atoms with Gasteiger partial charge in [-0.05, 0) is 36.6 Å². The molecule has 0 aliphatic rings. The van der Waals surface area contributed by atoms with Crippen LogP contribution in [0.2, 0.25) is 0 Å². The average Bonchev–Trinajstić information content (AvgIpc) is 3.29. The molecule has 0 radical (unpaired) electrons. The fourth-order valence-electron chi connectivity index (χ4n) is 3.55. The molecule has 0 spiro atoms. The van der Waals surface area contributed by atoms with Crippen molar-refractivity contribution in [2.24, 2.45) is 0 Å². The van der Waals surface area contributed by atoms with Crippen molar-refractivity contribution in [2.45, 2.75) is 23.8 Å². The van der Waals surface area contributed by atoms with Crippen LogP contribution in [0.25, 0.3) is 21.3 Å². The molecule has 1 atom stereocenters. The molecule has 2 N–H and O–H groups in total. The van der Waals surface area contributed by atoms with Crippen molar-refractivity contribution in [2.75, 3.05) is 20.8 Å². The van der Waals surface area contributed by atoms with Crippen LogP contribution in [0.15, 0.2) is 63.9 Å². The number of nitrogens with zero attached hydrogens (tertiary/aromatic N) is 1. The van der Waals surface area contributed by atoms with E-state index >= 15 is 0 Å². The first-order chi connectivity index (χ1) is 16.5. The van der Waals surface area contributed by atoms with Gasteiger partial charge in [-0.2, -0.15) is 0 Å². The van der Waals surface area contributed by atoms with Crippen LogP contribution in [-0.2, 0) is 11.2 Å². The first kappa shape index (κ1) is 23.8. The van der Waals surface area contributed by atoms with Crippen molar-refractivity contribution < 1.29 is 14.3 Å². The third-order valence-electron chi connectivity index (χ3n) is 5.33. The Kier molecular flexibility index (Phi) is 7.54. The van der Waals surface area contributed by atoms with E-state index in [0.717, 1.165) is 16.7 Å². The molecule has 7 nitrogen and oxygen atoms in total. The molecule has 0 saturated heterocycles. The maximum Gasteiger partial charge on any atom is 0.260 e. The summed E-state index contributed by atoms with van der Waals surface area (Å²) in [5.74, 6) is 1.20. The summed E-state index contributed by atoms with van der Waals surface area (Å²) in [4.78, 5) is 33.5. The van der Waals surface area contributed by atoms with E-state index in [9.17, 15) is 9.59 Å². The fourth-order valence-corrected chi connectivity index (χ4v) is 5.37. The number of thiophene rings is 1. The third kappa shape index (κ3) is 5.26. The Balaban J connectivity index is 1.38. The van der Waals surface area contributed by atoms with Gasteiger partial charge < -0.3 is 19.8 Å². The van der Waals surface area contributed by atoms with Crippen LogP contribution in [0.3, 0.4) is 0 Å². The largest absolute Gasteiger partial charge is 0.493 e. The predicted octanol–water partition coefficient (Wildman–Crippen LogP) is 4.51. The van der Waals surface area contributed by atoms with Gasteiger partial charge in [-0.1, -0.05) is 48.2 Å². The van der Waals surface area contributed by atoms with Crippen LogP contribution in [-0.4, -0.2) is 41.9 Å². The highest BCUT2D eigenvalue weighted by molar-refractivity contribution is 8.00. The smallest absolute Gasteiger partial charge is 0.260 e. The van der Waals surface area contributed by atoms with Crippen LogP contribution in [0, 0.1) is 0 Å². The third-order valence-corrected chi connectivity index (χ3v) is 7.18. The van der Waals surface area contributed by atoms with Gasteiger partial charge in [0.15, 0.2) is 16.7 Å². The van der Waals surface area contributed by atoms with Gasteiger partial charge in [0.1, 0.15) is 4.83 Å². The summed E-state index contributed by atoms with van der Waals surface area (Å²) in [6.07, 6.45) is 0.655. The van der Waals surface area contributed by atoms with Gasteiger partial charge in [0.25, 0.3) is 5.56 Å². The average molecular weight is 496 g/mol. The van der Waals surface area contributed by atoms with Gasteiger partial charge in [-0.15, -0.1) is 11.3 Å². The number of carbonyl (C=O) groups excluding carboxylic acids is 1. The lowest BCUT2D eigenvalue weighted by molar-refractivity contribution is -0.120. The number of H-pyrrole nitrogens is 1. The van der Waals surface area contributed by atoms with Crippen molar-refractivity contribution in [3.05, 3.63) is 69.8 Å². The number of thioether (sulfide) groups is 1. The Bertz CT molecular complexity index is 1350. The first-order valence-electron chi connectivity index (χ1n) is 10.7. The van der Waals surface area contributed by atoms with E-state index in [1.54, 1.807) is 21.1 Å². The summed E-state index contributed by atoms with van der Waals surface area (Å²) in [5.41, 5.74) is 2.67. The number of hydrogen-bond acceptors (Lipinski definition) is 7. The summed E-state index contributed by atoms with van der Waals surface area (Å²) < 4.78 is 10.6. The van der Waals surface area contributed by atoms with Crippen molar-refractivity contribution in [3.63, 3.8) is 0 Å². The molecule has 4 aromatic rings. The first-order valence-corrected chi connectivity index (χ1v) is 12.5. The number of nitrogens with one attached hydrogen (secondary N) is 2. The van der Waals surface area contributed by atoms with Crippen molar-refractivity contribution in [1.82, 2.24) is 15.3 Å². The lowest BCUT2D eigenvalue weighted by Crippen LogP contribution is -2.32. The summed E-state index contributed by atoms with van der Waals surface area (Å²) in [6, 6.07) is 15.5. The molecule has 9 heteroatoms. The van der Waals surface area contributed by atoms with E-state index in [2.05, 4.69) is 15.3 Å². The summed E-state index contributed by atoms with van der Waals surface area (Å²) >= 11 is 2.66. The van der Waals surface area contributed by atoms with E-state index in [1.165, 1.54) is 23.1 Å². The second-order valence-corrected chi connectivity index (χ2v) is 9.74. The number of aromatic nitrogens is 2. The minimum absolute atomic E-state index is 0.121. The van der Waals surface area contributed by atoms with Crippen LogP contribution in [0.1, 0.15) is 12.5 Å². The van der Waals surface area contributed by atoms with Crippen LogP contribution >= 0.6 is 23.1 Å². The lowest BCUT2D eigenvalue weighted by Gasteiger charge is -2.12. The molecule has 0 bridgehead atoms. The molecule has 0 saturated carbocycles. The molecule has 2 aromatic heterocycles. The highest BCUT2D eigenvalue weighted by Crippen LogP contribution is 2.32. The second-order valence-electron chi connectivity index (χ2n) is 7.56. The number of rotatable bonds is 9. The number of fused-ring (bicyclic) bond motifs is 1. The minimum atomic E-state index is -0.417. The van der Waals surface area contributed by atoms with Gasteiger partial charge in [0, 0.05) is 17.5 Å². The zero-order valence-electron chi connectivity index (χ0n) is 19.1. The van der Waals surface area contributed by atoms with E-state index in [4.69, 9.17) is 9.47 Å². The number of benzene rings is 2. The van der Waals surface area contributed by atoms with Crippen molar-refractivity contribution in [3.8, 4) is 22.6 Å². The van der Waals surface area contributed by atoms with E-state index in [-0.39, 0.29) is 11.5 Å². The Morgan fingerprint density at radius 1 is 1.15 bits per heavy atom. The maximum atomic E-state index is 12.8. The fraction of sp³-hybridized carbons (Fsp3) is 0.240. The number of hydrogen-bond donors (Lipinski definition) is 2. The zero-order valence-corrected chi connectivity index (χ0v) is 20.7. The Hall–Kier alpha value is -3.30. The number of aromatic amines is 1. The van der Waals surface area contributed by atoms with Crippen LogP contribution < -0.4 is 20.3 Å². The molecule has 34 heavy (non-hydrogen) atoms. The number of carbonyl (C=O) groups is 1. The number of ether oxygens (including phenoxy) is 2. The van der Waals surface area contributed by atoms with Crippen molar-refractivity contribution in [1.29, 1.82) is 0 Å². The molecule has 0 aliphatic carbocycles. The Morgan fingerprint density at radius 2 is 1.91 bits per heavy atom. The molecular formula is C25H25N3O4S2. The molecule has 176 valence electrons. The minimum Gasteiger partial charge on any atom is -0.493 e. The van der Waals surface area contributed by atoms with E-state index < -0.39 is 5.25 Å². The summed E-state index contributed by atoms with van der Waals surface area (Å²) in [5, 5.41) is 5.48. The molecule has 1 amide bonds.